The first-order valence-corrected chi connectivity index (χ1v) is 8.93. The van der Waals surface area contributed by atoms with Gasteiger partial charge >= 0.3 is 6.03 Å². The average molecular weight is 355 g/mol. The van der Waals surface area contributed by atoms with Gasteiger partial charge in [0.1, 0.15) is 5.75 Å². The van der Waals surface area contributed by atoms with Crippen LogP contribution in [0.3, 0.4) is 0 Å². The van der Waals surface area contributed by atoms with E-state index in [9.17, 15) is 9.90 Å². The number of phenolic OH excluding ortho intramolecular Hbond substituents is 1. The zero-order valence-corrected chi connectivity index (χ0v) is 15.9. The van der Waals surface area contributed by atoms with E-state index in [1.54, 1.807) is 17.0 Å². The number of aromatic hydroxyl groups is 1. The number of phenols is 1. The van der Waals surface area contributed by atoms with E-state index >= 15 is 0 Å². The van der Waals surface area contributed by atoms with Crippen LogP contribution in [0.1, 0.15) is 11.1 Å². The van der Waals surface area contributed by atoms with Crippen LogP contribution in [0.25, 0.3) is 0 Å². The molecule has 0 saturated carbocycles. The zero-order chi connectivity index (χ0) is 18.9. The molecule has 140 valence electrons. The van der Waals surface area contributed by atoms with Crippen molar-refractivity contribution >= 4 is 6.03 Å². The summed E-state index contributed by atoms with van der Waals surface area (Å²) < 4.78 is 0. The number of amides is 2. The molecule has 1 atom stereocenters. The van der Waals surface area contributed by atoms with Gasteiger partial charge in [-0.15, -0.1) is 0 Å². The van der Waals surface area contributed by atoms with Crippen LogP contribution < -0.4 is 5.32 Å². The number of hydrogen-bond acceptors (Lipinski definition) is 3. The second-order valence-corrected chi connectivity index (χ2v) is 6.84. The Balaban J connectivity index is 1.82. The van der Waals surface area contributed by atoms with Crippen LogP contribution in [0.5, 0.6) is 5.75 Å². The van der Waals surface area contributed by atoms with Gasteiger partial charge in [0.05, 0.1) is 0 Å². The monoisotopic (exact) mass is 355 g/mol. The van der Waals surface area contributed by atoms with Crippen LogP contribution in [0.15, 0.2) is 54.6 Å². The first kappa shape index (κ1) is 19.8. The number of urea groups is 1. The van der Waals surface area contributed by atoms with E-state index in [2.05, 4.69) is 22.3 Å². The van der Waals surface area contributed by atoms with Crippen molar-refractivity contribution in [2.45, 2.75) is 18.9 Å². The minimum atomic E-state index is -0.0570. The predicted molar refractivity (Wildman–Crippen MR) is 105 cm³/mol. The quantitative estimate of drug-likeness (QED) is 0.766. The average Bonchev–Trinajstić information content (AvgIpc) is 2.63. The molecular formula is C21H29N3O2. The largest absolute Gasteiger partial charge is 0.508 e. The molecule has 2 N–H and O–H groups in total. The van der Waals surface area contributed by atoms with Gasteiger partial charge in [-0.2, -0.15) is 0 Å². The molecule has 0 fully saturated rings. The number of likely N-dealkylation sites (N-methyl/N-ethyl adjacent to an activating group) is 2. The summed E-state index contributed by atoms with van der Waals surface area (Å²) in [6, 6.07) is 17.5. The Morgan fingerprint density at radius 3 is 2.27 bits per heavy atom. The maximum atomic E-state index is 12.4. The van der Waals surface area contributed by atoms with E-state index in [-0.39, 0.29) is 17.8 Å². The lowest BCUT2D eigenvalue weighted by Crippen LogP contribution is -2.46. The van der Waals surface area contributed by atoms with Crippen LogP contribution in [0, 0.1) is 0 Å². The maximum Gasteiger partial charge on any atom is 0.317 e. The molecule has 0 bridgehead atoms. The molecule has 2 rings (SSSR count). The Morgan fingerprint density at radius 1 is 1.00 bits per heavy atom. The van der Waals surface area contributed by atoms with E-state index in [1.807, 2.05) is 51.5 Å². The van der Waals surface area contributed by atoms with Crippen molar-refractivity contribution in [2.24, 2.45) is 0 Å². The summed E-state index contributed by atoms with van der Waals surface area (Å²) in [6.07, 6.45) is 1.64. The molecular weight excluding hydrogens is 326 g/mol. The van der Waals surface area contributed by atoms with E-state index in [0.717, 1.165) is 18.4 Å². The summed E-state index contributed by atoms with van der Waals surface area (Å²) in [6.45, 7) is 1.25. The van der Waals surface area contributed by atoms with Crippen LogP contribution in [0.2, 0.25) is 0 Å². The number of carbonyl (C=O) groups is 1. The van der Waals surface area contributed by atoms with Crippen LogP contribution in [0.4, 0.5) is 4.79 Å². The standard InChI is InChI=1S/C21H29N3O2/c1-23(2)19(15-18-9-11-20(25)12-10-18)16-24(3)21(26)22-14-13-17-7-5-4-6-8-17/h4-12,19,25H,13-16H2,1-3H3,(H,22,26). The Kier molecular flexibility index (Phi) is 7.48. The molecule has 0 spiro atoms. The van der Waals surface area contributed by atoms with Gasteiger partial charge in [-0.3, -0.25) is 0 Å². The predicted octanol–water partition coefficient (Wildman–Crippen LogP) is 2.75. The molecule has 5 heteroatoms. The molecule has 2 aromatic rings. The molecule has 26 heavy (non-hydrogen) atoms. The highest BCUT2D eigenvalue weighted by Crippen LogP contribution is 2.13. The fourth-order valence-corrected chi connectivity index (χ4v) is 2.81. The fourth-order valence-electron chi connectivity index (χ4n) is 2.81. The Labute approximate surface area is 156 Å². The maximum absolute atomic E-state index is 12.4. The lowest BCUT2D eigenvalue weighted by atomic mass is 10.0. The van der Waals surface area contributed by atoms with Gasteiger partial charge < -0.3 is 20.2 Å². The molecule has 2 amide bonds. The van der Waals surface area contributed by atoms with Gasteiger partial charge in [0.2, 0.25) is 0 Å². The normalized spacial score (nSPS) is 12.0. The molecule has 0 aromatic heterocycles. The third kappa shape index (κ3) is 6.41. The Hall–Kier alpha value is -2.53. The van der Waals surface area contributed by atoms with E-state index in [0.29, 0.717) is 13.1 Å². The number of nitrogens with zero attached hydrogens (tertiary/aromatic N) is 2. The molecule has 0 radical (unpaired) electrons. The molecule has 0 aliphatic carbocycles. The number of carbonyl (C=O) groups excluding carboxylic acids is 1. The first-order valence-electron chi connectivity index (χ1n) is 8.93. The highest BCUT2D eigenvalue weighted by Gasteiger charge is 2.18. The number of rotatable bonds is 8. The van der Waals surface area contributed by atoms with Gasteiger partial charge in [-0.05, 0) is 50.2 Å². The summed E-state index contributed by atoms with van der Waals surface area (Å²) >= 11 is 0. The minimum Gasteiger partial charge on any atom is -0.508 e. The first-order chi connectivity index (χ1) is 12.5. The summed E-state index contributed by atoms with van der Waals surface area (Å²) in [4.78, 5) is 16.2. The van der Waals surface area contributed by atoms with Crippen molar-refractivity contribution < 1.29 is 9.90 Å². The molecule has 2 aromatic carbocycles. The van der Waals surface area contributed by atoms with E-state index in [1.165, 1.54) is 5.56 Å². The highest BCUT2D eigenvalue weighted by atomic mass is 16.3. The molecule has 1 unspecified atom stereocenters. The Bertz CT molecular complexity index is 671. The highest BCUT2D eigenvalue weighted by molar-refractivity contribution is 5.73. The van der Waals surface area contributed by atoms with Crippen molar-refractivity contribution in [3.8, 4) is 5.75 Å². The Morgan fingerprint density at radius 2 is 1.65 bits per heavy atom. The number of hydrogen-bond donors (Lipinski definition) is 2. The molecule has 0 heterocycles. The van der Waals surface area contributed by atoms with Gasteiger partial charge in [0.25, 0.3) is 0 Å². The number of nitrogens with one attached hydrogen (secondary N) is 1. The van der Waals surface area contributed by atoms with Crippen LogP contribution in [-0.4, -0.2) is 61.2 Å². The van der Waals surface area contributed by atoms with Crippen molar-refractivity contribution in [1.82, 2.24) is 15.1 Å². The van der Waals surface area contributed by atoms with Gasteiger partial charge in [-0.25, -0.2) is 4.79 Å². The van der Waals surface area contributed by atoms with E-state index in [4.69, 9.17) is 0 Å². The smallest absolute Gasteiger partial charge is 0.317 e. The lowest BCUT2D eigenvalue weighted by molar-refractivity contribution is 0.184. The molecule has 0 aliphatic heterocycles. The third-order valence-electron chi connectivity index (χ3n) is 4.50. The molecule has 0 aliphatic rings. The SMILES string of the molecule is CN(CC(Cc1ccc(O)cc1)N(C)C)C(=O)NCCc1ccccc1. The molecule has 0 saturated heterocycles. The van der Waals surface area contributed by atoms with Crippen molar-refractivity contribution in [2.75, 3.05) is 34.2 Å². The van der Waals surface area contributed by atoms with Gasteiger partial charge in [0, 0.05) is 26.2 Å². The van der Waals surface area contributed by atoms with Gasteiger partial charge in [0.15, 0.2) is 0 Å². The summed E-state index contributed by atoms with van der Waals surface area (Å²) in [5.41, 5.74) is 2.35. The summed E-state index contributed by atoms with van der Waals surface area (Å²) in [5.74, 6) is 0.269. The lowest BCUT2D eigenvalue weighted by Gasteiger charge is -2.29. The number of benzene rings is 2. The molecule has 5 nitrogen and oxygen atoms in total. The van der Waals surface area contributed by atoms with E-state index < -0.39 is 0 Å². The topological polar surface area (TPSA) is 55.8 Å². The third-order valence-corrected chi connectivity index (χ3v) is 4.50. The van der Waals surface area contributed by atoms with Crippen LogP contribution in [-0.2, 0) is 12.8 Å². The summed E-state index contributed by atoms with van der Waals surface area (Å²) in [7, 11) is 5.86. The fraction of sp³-hybridized carbons (Fsp3) is 0.381. The second kappa shape index (κ2) is 9.82. The van der Waals surface area contributed by atoms with Crippen molar-refractivity contribution in [1.29, 1.82) is 0 Å². The minimum absolute atomic E-state index is 0.0570. The van der Waals surface area contributed by atoms with Crippen molar-refractivity contribution in [3.05, 3.63) is 65.7 Å². The van der Waals surface area contributed by atoms with Gasteiger partial charge in [-0.1, -0.05) is 42.5 Å². The van der Waals surface area contributed by atoms with Crippen LogP contribution >= 0.6 is 0 Å². The van der Waals surface area contributed by atoms with Crippen molar-refractivity contribution in [3.63, 3.8) is 0 Å². The zero-order valence-electron chi connectivity index (χ0n) is 15.9. The summed E-state index contributed by atoms with van der Waals surface area (Å²) in [5, 5.41) is 12.4. The second-order valence-electron chi connectivity index (χ2n) is 6.84.